The van der Waals surface area contributed by atoms with E-state index in [-0.39, 0.29) is 5.91 Å². The number of amides is 1. The number of hydrogen-bond donors (Lipinski definition) is 0. The maximum atomic E-state index is 12.7. The number of carbonyl (C=O) groups excluding carboxylic acids is 1. The predicted molar refractivity (Wildman–Crippen MR) is 91.5 cm³/mol. The quantitative estimate of drug-likeness (QED) is 0.619. The summed E-state index contributed by atoms with van der Waals surface area (Å²) in [4.78, 5) is 14.8. The Morgan fingerprint density at radius 2 is 1.52 bits per heavy atom. The molecule has 3 heteroatoms. The largest absolute Gasteiger partial charge is 0.269 e. The van der Waals surface area contributed by atoms with Crippen molar-refractivity contribution in [2.45, 2.75) is 13.8 Å². The Morgan fingerprint density at radius 1 is 1.00 bits per heavy atom. The molecule has 0 aliphatic carbocycles. The molecule has 2 rings (SSSR count). The summed E-state index contributed by atoms with van der Waals surface area (Å²) >= 11 is 5.55. The lowest BCUT2D eigenvalue weighted by Crippen LogP contribution is -2.36. The van der Waals surface area contributed by atoms with Gasteiger partial charge in [-0.15, -0.1) is 0 Å². The molecular weight excluding hydrogens is 278 g/mol. The number of carbonyl (C=O) groups is 1. The Kier molecular flexibility index (Phi) is 5.01. The van der Waals surface area contributed by atoms with Gasteiger partial charge in [0.25, 0.3) is 5.91 Å². The number of benzene rings is 2. The van der Waals surface area contributed by atoms with Crippen molar-refractivity contribution in [2.24, 2.45) is 0 Å². The highest BCUT2D eigenvalue weighted by atomic mass is 32.1. The molecule has 21 heavy (non-hydrogen) atoms. The van der Waals surface area contributed by atoms with E-state index in [1.54, 1.807) is 17.9 Å². The number of thiocarbonyl (C=S) groups is 1. The molecule has 0 unspecified atom stereocenters. The molecule has 0 bridgehead atoms. The lowest BCUT2D eigenvalue weighted by Gasteiger charge is -2.24. The highest BCUT2D eigenvalue weighted by Crippen LogP contribution is 2.20. The number of anilines is 1. The summed E-state index contributed by atoms with van der Waals surface area (Å²) in [5, 5.41) is 0. The van der Waals surface area contributed by atoms with Crippen LogP contribution in [0.3, 0.4) is 0 Å². The number of para-hydroxylation sites is 1. The predicted octanol–water partition coefficient (Wildman–Crippen LogP) is 4.36. The van der Waals surface area contributed by atoms with Crippen LogP contribution in [-0.2, 0) is 4.79 Å². The van der Waals surface area contributed by atoms with Gasteiger partial charge in [-0.25, -0.2) is 0 Å². The van der Waals surface area contributed by atoms with Crippen LogP contribution in [0.25, 0.3) is 0 Å². The normalized spacial score (nSPS) is 11.0. The standard InChI is InChI=1S/C18H17NOS/c1-3-14(2)17(20)19(16-12-8-5-9-13-16)18(21)15-10-6-4-7-11-15/h3-13H,1-2H3/b14-3+. The van der Waals surface area contributed by atoms with Crippen molar-refractivity contribution < 1.29 is 4.79 Å². The number of allylic oxidation sites excluding steroid dienone is 1. The fourth-order valence-electron chi connectivity index (χ4n) is 1.91. The highest BCUT2D eigenvalue weighted by Gasteiger charge is 2.22. The van der Waals surface area contributed by atoms with Gasteiger partial charge in [0.15, 0.2) is 0 Å². The lowest BCUT2D eigenvalue weighted by molar-refractivity contribution is -0.114. The lowest BCUT2D eigenvalue weighted by atomic mass is 10.1. The van der Waals surface area contributed by atoms with E-state index in [0.29, 0.717) is 10.6 Å². The van der Waals surface area contributed by atoms with Crippen LogP contribution in [0.2, 0.25) is 0 Å². The first-order valence-corrected chi connectivity index (χ1v) is 7.17. The summed E-state index contributed by atoms with van der Waals surface area (Å²) in [6.45, 7) is 3.65. The van der Waals surface area contributed by atoms with Crippen LogP contribution in [0.1, 0.15) is 19.4 Å². The first kappa shape index (κ1) is 15.1. The van der Waals surface area contributed by atoms with E-state index in [1.165, 1.54) is 0 Å². The van der Waals surface area contributed by atoms with Gasteiger partial charge in [-0.05, 0) is 26.0 Å². The van der Waals surface area contributed by atoms with E-state index in [4.69, 9.17) is 12.2 Å². The zero-order valence-electron chi connectivity index (χ0n) is 12.1. The zero-order chi connectivity index (χ0) is 15.2. The van der Waals surface area contributed by atoms with E-state index in [9.17, 15) is 4.79 Å². The van der Waals surface area contributed by atoms with Crippen molar-refractivity contribution in [3.05, 3.63) is 77.9 Å². The SMILES string of the molecule is C/C=C(\C)C(=O)N(C(=S)c1ccccc1)c1ccccc1. The second-order valence-corrected chi connectivity index (χ2v) is 5.01. The van der Waals surface area contributed by atoms with Gasteiger partial charge in [-0.2, -0.15) is 0 Å². The van der Waals surface area contributed by atoms with E-state index in [2.05, 4.69) is 0 Å². The third kappa shape index (κ3) is 3.44. The Morgan fingerprint density at radius 3 is 2.05 bits per heavy atom. The van der Waals surface area contributed by atoms with Gasteiger partial charge in [-0.3, -0.25) is 9.69 Å². The Labute approximate surface area is 130 Å². The average Bonchev–Trinajstić information content (AvgIpc) is 2.56. The fraction of sp³-hybridized carbons (Fsp3) is 0.111. The van der Waals surface area contributed by atoms with Crippen LogP contribution in [-0.4, -0.2) is 10.9 Å². The van der Waals surface area contributed by atoms with E-state index >= 15 is 0 Å². The van der Waals surface area contributed by atoms with Gasteiger partial charge in [0, 0.05) is 11.1 Å². The molecule has 2 aromatic carbocycles. The molecule has 0 saturated heterocycles. The maximum Gasteiger partial charge on any atom is 0.258 e. The van der Waals surface area contributed by atoms with Crippen LogP contribution in [0.15, 0.2) is 72.3 Å². The third-order valence-corrected chi connectivity index (χ3v) is 3.63. The number of nitrogens with zero attached hydrogens (tertiary/aromatic N) is 1. The van der Waals surface area contributed by atoms with Gasteiger partial charge < -0.3 is 0 Å². The summed E-state index contributed by atoms with van der Waals surface area (Å²) in [6, 6.07) is 19.1. The summed E-state index contributed by atoms with van der Waals surface area (Å²) in [5.74, 6) is -0.0995. The van der Waals surface area contributed by atoms with Crippen LogP contribution in [0.4, 0.5) is 5.69 Å². The van der Waals surface area contributed by atoms with E-state index in [0.717, 1.165) is 11.3 Å². The van der Waals surface area contributed by atoms with Crippen molar-refractivity contribution in [1.82, 2.24) is 0 Å². The third-order valence-electron chi connectivity index (χ3n) is 3.21. The second kappa shape index (κ2) is 6.95. The van der Waals surface area contributed by atoms with Gasteiger partial charge in [0.2, 0.25) is 0 Å². The molecule has 0 aromatic heterocycles. The topological polar surface area (TPSA) is 20.3 Å². The molecule has 2 aromatic rings. The van der Waals surface area contributed by atoms with Crippen molar-refractivity contribution in [2.75, 3.05) is 4.90 Å². The van der Waals surface area contributed by atoms with Crippen LogP contribution in [0, 0.1) is 0 Å². The molecule has 0 heterocycles. The van der Waals surface area contributed by atoms with E-state index in [1.807, 2.05) is 67.6 Å². The van der Waals surface area contributed by atoms with Crippen LogP contribution < -0.4 is 4.90 Å². The first-order valence-electron chi connectivity index (χ1n) is 6.77. The van der Waals surface area contributed by atoms with Crippen molar-refractivity contribution in [3.63, 3.8) is 0 Å². The zero-order valence-corrected chi connectivity index (χ0v) is 12.9. The molecule has 0 aliphatic heterocycles. The minimum atomic E-state index is -0.0995. The monoisotopic (exact) mass is 295 g/mol. The molecule has 0 atom stereocenters. The summed E-state index contributed by atoms with van der Waals surface area (Å²) in [5.41, 5.74) is 2.29. The van der Waals surface area contributed by atoms with Gasteiger partial charge in [0.05, 0.1) is 5.69 Å². The Balaban J connectivity index is 2.47. The molecule has 0 radical (unpaired) electrons. The minimum absolute atomic E-state index is 0.0995. The van der Waals surface area contributed by atoms with Crippen molar-refractivity contribution in [1.29, 1.82) is 0 Å². The molecule has 0 aliphatic rings. The molecule has 106 valence electrons. The molecule has 0 N–H and O–H groups in total. The van der Waals surface area contributed by atoms with Crippen molar-refractivity contribution in [3.8, 4) is 0 Å². The minimum Gasteiger partial charge on any atom is -0.269 e. The Bertz CT molecular complexity index is 662. The molecule has 0 saturated carbocycles. The fourth-order valence-corrected chi connectivity index (χ4v) is 2.24. The van der Waals surface area contributed by atoms with Gasteiger partial charge >= 0.3 is 0 Å². The number of rotatable bonds is 3. The van der Waals surface area contributed by atoms with Crippen LogP contribution in [0.5, 0.6) is 0 Å². The summed E-state index contributed by atoms with van der Waals surface area (Å²) in [6.07, 6.45) is 1.80. The molecule has 2 nitrogen and oxygen atoms in total. The molecule has 1 amide bonds. The first-order chi connectivity index (χ1) is 10.1. The van der Waals surface area contributed by atoms with Gasteiger partial charge in [0.1, 0.15) is 4.99 Å². The summed E-state index contributed by atoms with van der Waals surface area (Å²) < 4.78 is 0. The number of hydrogen-bond acceptors (Lipinski definition) is 2. The smallest absolute Gasteiger partial charge is 0.258 e. The second-order valence-electron chi connectivity index (χ2n) is 4.62. The summed E-state index contributed by atoms with van der Waals surface area (Å²) in [7, 11) is 0. The van der Waals surface area contributed by atoms with E-state index < -0.39 is 0 Å². The highest BCUT2D eigenvalue weighted by molar-refractivity contribution is 7.81. The van der Waals surface area contributed by atoms with Gasteiger partial charge in [-0.1, -0.05) is 66.8 Å². The average molecular weight is 295 g/mol. The van der Waals surface area contributed by atoms with Crippen molar-refractivity contribution >= 4 is 28.8 Å². The van der Waals surface area contributed by atoms with Crippen LogP contribution >= 0.6 is 12.2 Å². The molecule has 0 spiro atoms. The molecular formula is C18H17NOS. The molecule has 0 fully saturated rings. The Hall–Kier alpha value is -2.26. The maximum absolute atomic E-state index is 12.7.